The third kappa shape index (κ3) is 4.49. The lowest BCUT2D eigenvalue weighted by Gasteiger charge is -2.23. The van der Waals surface area contributed by atoms with Gasteiger partial charge in [0.05, 0.1) is 15.8 Å². The summed E-state index contributed by atoms with van der Waals surface area (Å²) >= 11 is 0. The zero-order valence-corrected chi connectivity index (χ0v) is 16.3. The molecule has 0 amide bonds. The van der Waals surface area contributed by atoms with Crippen LogP contribution in [0.15, 0.2) is 63.0 Å². The van der Waals surface area contributed by atoms with Crippen molar-refractivity contribution >= 4 is 26.6 Å². The van der Waals surface area contributed by atoms with Gasteiger partial charge in [0.1, 0.15) is 0 Å². The molecule has 9 heteroatoms. The summed E-state index contributed by atoms with van der Waals surface area (Å²) in [6.45, 7) is 3.85. The van der Waals surface area contributed by atoms with E-state index in [1.165, 1.54) is 18.2 Å². The Hall–Kier alpha value is -2.91. The van der Waals surface area contributed by atoms with E-state index in [1.54, 1.807) is 0 Å². The third-order valence-electron chi connectivity index (χ3n) is 4.42. The third-order valence-corrected chi connectivity index (χ3v) is 5.88. The van der Waals surface area contributed by atoms with Crippen molar-refractivity contribution in [2.24, 2.45) is 0 Å². The van der Waals surface area contributed by atoms with Gasteiger partial charge in [-0.15, -0.1) is 0 Å². The van der Waals surface area contributed by atoms with E-state index in [4.69, 9.17) is 0 Å². The number of aromatic amines is 2. The Morgan fingerprint density at radius 2 is 1.79 bits per heavy atom. The number of benzene rings is 2. The first kappa shape index (κ1) is 19.8. The second-order valence-corrected chi connectivity index (χ2v) is 8.05. The zero-order chi connectivity index (χ0) is 20.1. The molecule has 0 atom stereocenters. The lowest BCUT2D eigenvalue weighted by molar-refractivity contribution is 0.578. The molecule has 28 heavy (non-hydrogen) atoms. The predicted octanol–water partition coefficient (Wildman–Crippen LogP) is 1.41. The van der Waals surface area contributed by atoms with Crippen LogP contribution in [0.2, 0.25) is 0 Å². The lowest BCUT2D eigenvalue weighted by Crippen LogP contribution is -2.30. The Morgan fingerprint density at radius 1 is 1.04 bits per heavy atom. The zero-order valence-electron chi connectivity index (χ0n) is 15.4. The highest BCUT2D eigenvalue weighted by molar-refractivity contribution is 7.89. The Labute approximate surface area is 162 Å². The van der Waals surface area contributed by atoms with Crippen molar-refractivity contribution in [1.29, 1.82) is 0 Å². The number of anilines is 1. The Morgan fingerprint density at radius 3 is 2.50 bits per heavy atom. The smallest absolute Gasteiger partial charge is 0.326 e. The largest absolute Gasteiger partial charge is 0.372 e. The van der Waals surface area contributed by atoms with Gasteiger partial charge in [-0.3, -0.25) is 9.78 Å². The SMILES string of the molecule is CCN(CCCNS(=O)(=O)c1ccc2[nH]c(=O)[nH]c(=O)c2c1)c1ccccc1. The summed E-state index contributed by atoms with van der Waals surface area (Å²) in [5.74, 6) is 0. The van der Waals surface area contributed by atoms with Crippen LogP contribution >= 0.6 is 0 Å². The van der Waals surface area contributed by atoms with Crippen LogP contribution in [0.5, 0.6) is 0 Å². The van der Waals surface area contributed by atoms with Gasteiger partial charge in [-0.05, 0) is 43.7 Å². The number of rotatable bonds is 8. The molecule has 2 aromatic carbocycles. The van der Waals surface area contributed by atoms with E-state index in [1.807, 2.05) is 37.3 Å². The monoisotopic (exact) mass is 402 g/mol. The maximum Gasteiger partial charge on any atom is 0.326 e. The highest BCUT2D eigenvalue weighted by Crippen LogP contribution is 2.15. The molecule has 0 spiro atoms. The van der Waals surface area contributed by atoms with Crippen LogP contribution in [-0.2, 0) is 10.0 Å². The lowest BCUT2D eigenvalue weighted by atomic mass is 10.2. The number of fused-ring (bicyclic) bond motifs is 1. The van der Waals surface area contributed by atoms with Crippen molar-refractivity contribution in [3.05, 3.63) is 69.4 Å². The molecule has 0 radical (unpaired) electrons. The minimum Gasteiger partial charge on any atom is -0.372 e. The van der Waals surface area contributed by atoms with Gasteiger partial charge >= 0.3 is 5.69 Å². The number of hydrogen-bond acceptors (Lipinski definition) is 5. The molecule has 148 valence electrons. The molecule has 0 fully saturated rings. The van der Waals surface area contributed by atoms with Crippen molar-refractivity contribution in [3.8, 4) is 0 Å². The van der Waals surface area contributed by atoms with Gasteiger partial charge in [0.25, 0.3) is 5.56 Å². The molecule has 0 bridgehead atoms. The number of aromatic nitrogens is 2. The molecule has 3 rings (SSSR count). The summed E-state index contributed by atoms with van der Waals surface area (Å²) in [6, 6.07) is 14.0. The molecule has 3 aromatic rings. The molecule has 0 saturated heterocycles. The molecule has 0 aliphatic heterocycles. The molecule has 0 aliphatic rings. The average Bonchev–Trinajstić information content (AvgIpc) is 2.68. The van der Waals surface area contributed by atoms with Crippen LogP contribution in [0, 0.1) is 0 Å². The Kier molecular flexibility index (Phi) is 5.96. The predicted molar refractivity (Wildman–Crippen MR) is 109 cm³/mol. The molecule has 1 heterocycles. The van der Waals surface area contributed by atoms with E-state index in [0.717, 1.165) is 12.2 Å². The highest BCUT2D eigenvalue weighted by Gasteiger charge is 2.15. The van der Waals surface area contributed by atoms with Gasteiger partial charge in [0, 0.05) is 25.3 Å². The molecule has 0 unspecified atom stereocenters. The quantitative estimate of drug-likeness (QED) is 0.493. The molecule has 1 aromatic heterocycles. The van der Waals surface area contributed by atoms with E-state index in [-0.39, 0.29) is 22.3 Å². The van der Waals surface area contributed by atoms with Crippen LogP contribution in [0.3, 0.4) is 0 Å². The minimum atomic E-state index is -3.76. The van der Waals surface area contributed by atoms with Gasteiger partial charge in [0.2, 0.25) is 10.0 Å². The van der Waals surface area contributed by atoms with Gasteiger partial charge in [-0.1, -0.05) is 18.2 Å². The van der Waals surface area contributed by atoms with E-state index in [9.17, 15) is 18.0 Å². The van der Waals surface area contributed by atoms with Gasteiger partial charge in [-0.2, -0.15) is 0 Å². The molecular formula is C19H22N4O4S. The average molecular weight is 402 g/mol. The molecule has 3 N–H and O–H groups in total. The summed E-state index contributed by atoms with van der Waals surface area (Å²) in [5.41, 5.74) is 0.118. The number of sulfonamides is 1. The minimum absolute atomic E-state index is 0.0204. The number of H-pyrrole nitrogens is 2. The fourth-order valence-electron chi connectivity index (χ4n) is 2.98. The van der Waals surface area contributed by atoms with Gasteiger partial charge in [-0.25, -0.2) is 17.9 Å². The van der Waals surface area contributed by atoms with Crippen LogP contribution in [0.1, 0.15) is 13.3 Å². The van der Waals surface area contributed by atoms with Crippen LogP contribution in [-0.4, -0.2) is 38.0 Å². The summed E-state index contributed by atoms with van der Waals surface area (Å²) < 4.78 is 27.6. The maximum atomic E-state index is 12.5. The van der Waals surface area contributed by atoms with Crippen molar-refractivity contribution in [2.45, 2.75) is 18.2 Å². The summed E-state index contributed by atoms with van der Waals surface area (Å²) in [5, 5.41) is 0.115. The van der Waals surface area contributed by atoms with Crippen molar-refractivity contribution in [2.75, 3.05) is 24.5 Å². The Bertz CT molecular complexity index is 1170. The number of nitrogens with zero attached hydrogens (tertiary/aromatic N) is 1. The van der Waals surface area contributed by atoms with Crippen LogP contribution in [0.4, 0.5) is 5.69 Å². The van der Waals surface area contributed by atoms with Crippen molar-refractivity contribution in [1.82, 2.24) is 14.7 Å². The van der Waals surface area contributed by atoms with Crippen molar-refractivity contribution in [3.63, 3.8) is 0 Å². The van der Waals surface area contributed by atoms with E-state index >= 15 is 0 Å². The number of nitrogens with one attached hydrogen (secondary N) is 3. The highest BCUT2D eigenvalue weighted by atomic mass is 32.2. The van der Waals surface area contributed by atoms with Crippen LogP contribution in [0.25, 0.3) is 10.9 Å². The van der Waals surface area contributed by atoms with E-state index < -0.39 is 21.3 Å². The fourth-order valence-corrected chi connectivity index (χ4v) is 4.08. The summed E-state index contributed by atoms with van der Waals surface area (Å²) in [6.07, 6.45) is 0.628. The Balaban J connectivity index is 1.66. The molecule has 0 aliphatic carbocycles. The standard InChI is InChI=1S/C19H22N4O4S/c1-2-23(14-7-4-3-5-8-14)12-6-11-20-28(26,27)15-9-10-17-16(13-15)18(24)22-19(25)21-17/h3-5,7-10,13,20H,2,6,11-12H2,1H3,(H2,21,22,24,25). The van der Waals surface area contributed by atoms with Crippen LogP contribution < -0.4 is 20.9 Å². The fraction of sp³-hybridized carbons (Fsp3) is 0.263. The van der Waals surface area contributed by atoms with Gasteiger partial charge < -0.3 is 9.88 Å². The van der Waals surface area contributed by atoms with Crippen molar-refractivity contribution < 1.29 is 8.42 Å². The van der Waals surface area contributed by atoms with E-state index in [2.05, 4.69) is 19.6 Å². The number of para-hydroxylation sites is 1. The topological polar surface area (TPSA) is 115 Å². The molecule has 8 nitrogen and oxygen atoms in total. The summed E-state index contributed by atoms with van der Waals surface area (Å²) in [4.78, 5) is 29.9. The van der Waals surface area contributed by atoms with E-state index in [0.29, 0.717) is 13.0 Å². The first-order chi connectivity index (χ1) is 13.4. The first-order valence-electron chi connectivity index (χ1n) is 8.97. The number of hydrogen-bond donors (Lipinski definition) is 3. The second-order valence-electron chi connectivity index (χ2n) is 6.28. The summed E-state index contributed by atoms with van der Waals surface area (Å²) in [7, 11) is -3.76. The molecule has 0 saturated carbocycles. The maximum absolute atomic E-state index is 12.5. The van der Waals surface area contributed by atoms with Gasteiger partial charge in [0.15, 0.2) is 0 Å². The molecular weight excluding hydrogens is 380 g/mol. The normalized spacial score (nSPS) is 11.6. The first-order valence-corrected chi connectivity index (χ1v) is 10.4. The second kappa shape index (κ2) is 8.41.